The van der Waals surface area contributed by atoms with Gasteiger partial charge in [-0.2, -0.15) is 4.98 Å². The second kappa shape index (κ2) is 8.56. The third kappa shape index (κ3) is 4.22. The molecule has 0 amide bonds. The smallest absolute Gasteiger partial charge is 0.247 e. The molecule has 31 heavy (non-hydrogen) atoms. The molecule has 1 atom stereocenters. The summed E-state index contributed by atoms with van der Waals surface area (Å²) in [5.74, 6) is 1.32. The average molecular weight is 493 g/mol. The first kappa shape index (κ1) is 19.8. The van der Waals surface area contributed by atoms with Crippen molar-refractivity contribution in [1.82, 2.24) is 15.2 Å². The molecule has 0 unspecified atom stereocenters. The van der Waals surface area contributed by atoms with Crippen molar-refractivity contribution >= 4 is 33.4 Å². The van der Waals surface area contributed by atoms with Crippen LogP contribution in [0.2, 0.25) is 0 Å². The molecule has 0 spiro atoms. The van der Waals surface area contributed by atoms with Gasteiger partial charge in [-0.1, -0.05) is 60.3 Å². The Morgan fingerprint density at radius 3 is 2.65 bits per heavy atom. The molecule has 2 N–H and O–H groups in total. The molecule has 0 aliphatic carbocycles. The Kier molecular flexibility index (Phi) is 5.48. The van der Waals surface area contributed by atoms with E-state index >= 15 is 0 Å². The molecule has 3 aromatic carbocycles. The second-order valence-electron chi connectivity index (χ2n) is 6.92. The van der Waals surface area contributed by atoms with E-state index in [-0.39, 0.29) is 5.75 Å². The highest BCUT2D eigenvalue weighted by Gasteiger charge is 2.26. The molecule has 4 aromatic rings. The zero-order valence-corrected chi connectivity index (χ0v) is 18.6. The molecule has 1 aliphatic heterocycles. The van der Waals surface area contributed by atoms with Gasteiger partial charge in [-0.3, -0.25) is 0 Å². The summed E-state index contributed by atoms with van der Waals surface area (Å²) in [6, 6.07) is 23.2. The van der Waals surface area contributed by atoms with Crippen molar-refractivity contribution in [3.63, 3.8) is 0 Å². The molecule has 2 heterocycles. The van der Waals surface area contributed by atoms with Crippen molar-refractivity contribution in [3.8, 4) is 22.9 Å². The SMILES string of the molecule is Oc1ccc([C@H]2Nc3ccccc3-c3nnc(SCc4ccccc4)nc3O2)cc1Br. The first-order chi connectivity index (χ1) is 15.2. The number of aromatic nitrogens is 3. The molecule has 6 nitrogen and oxygen atoms in total. The first-order valence-electron chi connectivity index (χ1n) is 9.60. The molecule has 1 aliphatic rings. The van der Waals surface area contributed by atoms with Gasteiger partial charge in [0, 0.05) is 22.6 Å². The number of hydrogen-bond acceptors (Lipinski definition) is 7. The van der Waals surface area contributed by atoms with Crippen LogP contribution in [0.5, 0.6) is 11.6 Å². The van der Waals surface area contributed by atoms with Crippen LogP contribution in [-0.2, 0) is 5.75 Å². The molecular weight excluding hydrogens is 476 g/mol. The highest BCUT2D eigenvalue weighted by atomic mass is 79.9. The maximum Gasteiger partial charge on any atom is 0.247 e. The largest absolute Gasteiger partial charge is 0.507 e. The molecule has 0 fully saturated rings. The van der Waals surface area contributed by atoms with Crippen molar-refractivity contribution in [1.29, 1.82) is 0 Å². The van der Waals surface area contributed by atoms with Gasteiger partial charge in [0.05, 0.1) is 4.47 Å². The van der Waals surface area contributed by atoms with Crippen LogP contribution < -0.4 is 10.1 Å². The van der Waals surface area contributed by atoms with Crippen molar-refractivity contribution in [3.05, 3.63) is 88.4 Å². The van der Waals surface area contributed by atoms with Gasteiger partial charge in [0.2, 0.25) is 11.0 Å². The summed E-state index contributed by atoms with van der Waals surface area (Å²) in [4.78, 5) is 4.67. The van der Waals surface area contributed by atoms with E-state index in [4.69, 9.17) is 4.74 Å². The minimum Gasteiger partial charge on any atom is -0.507 e. The average Bonchev–Trinajstić information content (AvgIpc) is 2.96. The van der Waals surface area contributed by atoms with Crippen LogP contribution in [0.15, 0.2) is 82.4 Å². The van der Waals surface area contributed by atoms with E-state index in [9.17, 15) is 5.11 Å². The van der Waals surface area contributed by atoms with Crippen molar-refractivity contribution in [2.75, 3.05) is 5.32 Å². The summed E-state index contributed by atoms with van der Waals surface area (Å²) >= 11 is 4.89. The molecule has 1 aromatic heterocycles. The van der Waals surface area contributed by atoms with Gasteiger partial charge in [0.25, 0.3) is 0 Å². The number of rotatable bonds is 4. The Morgan fingerprint density at radius 1 is 1.00 bits per heavy atom. The number of nitrogens with zero attached hydrogens (tertiary/aromatic N) is 3. The fraction of sp³-hybridized carbons (Fsp3) is 0.0870. The highest BCUT2D eigenvalue weighted by molar-refractivity contribution is 9.10. The number of phenolic OH excluding ortho intramolecular Hbond substituents is 1. The Bertz CT molecular complexity index is 1240. The molecule has 0 saturated heterocycles. The molecule has 154 valence electrons. The Hall–Kier alpha value is -3.10. The monoisotopic (exact) mass is 492 g/mol. The second-order valence-corrected chi connectivity index (χ2v) is 8.72. The maximum absolute atomic E-state index is 9.86. The lowest BCUT2D eigenvalue weighted by Gasteiger charge is -2.19. The third-order valence-corrected chi connectivity index (χ3v) is 6.36. The lowest BCUT2D eigenvalue weighted by molar-refractivity contribution is 0.225. The van der Waals surface area contributed by atoms with Crippen molar-refractivity contribution in [2.24, 2.45) is 0 Å². The van der Waals surface area contributed by atoms with E-state index < -0.39 is 6.23 Å². The van der Waals surface area contributed by atoms with Crippen LogP contribution in [0, 0.1) is 0 Å². The van der Waals surface area contributed by atoms with Gasteiger partial charge in [0.1, 0.15) is 5.75 Å². The van der Waals surface area contributed by atoms with E-state index in [1.165, 1.54) is 17.3 Å². The summed E-state index contributed by atoms with van der Waals surface area (Å²) in [5, 5.41) is 22.6. The van der Waals surface area contributed by atoms with Crippen molar-refractivity contribution in [2.45, 2.75) is 17.1 Å². The molecule has 0 saturated carbocycles. The minimum atomic E-state index is -0.511. The minimum absolute atomic E-state index is 0.168. The van der Waals surface area contributed by atoms with Gasteiger partial charge in [0.15, 0.2) is 11.9 Å². The zero-order valence-electron chi connectivity index (χ0n) is 16.2. The van der Waals surface area contributed by atoms with E-state index in [1.54, 1.807) is 6.07 Å². The van der Waals surface area contributed by atoms with E-state index in [2.05, 4.69) is 48.6 Å². The summed E-state index contributed by atoms with van der Waals surface area (Å²) in [7, 11) is 0. The standard InChI is InChI=1S/C23H17BrN4O2S/c24-17-12-15(10-11-19(17)29)21-25-18-9-5-4-8-16(18)20-22(30-21)26-23(28-27-20)31-13-14-6-2-1-3-7-14/h1-12,21,25,29H,13H2/t21-/m0/s1. The molecular formula is C23H17BrN4O2S. The van der Waals surface area contributed by atoms with Crippen LogP contribution in [0.25, 0.3) is 11.3 Å². The van der Waals surface area contributed by atoms with Gasteiger partial charge in [-0.05, 0) is 45.8 Å². The van der Waals surface area contributed by atoms with Gasteiger partial charge in [-0.25, -0.2) is 0 Å². The van der Waals surface area contributed by atoms with Crippen molar-refractivity contribution < 1.29 is 9.84 Å². The van der Waals surface area contributed by atoms with E-state index in [0.717, 1.165) is 22.6 Å². The summed E-state index contributed by atoms with van der Waals surface area (Å²) in [6.45, 7) is 0. The number of para-hydroxylation sites is 1. The number of aromatic hydroxyl groups is 1. The number of thioether (sulfide) groups is 1. The van der Waals surface area contributed by atoms with Crippen LogP contribution in [0.3, 0.4) is 0 Å². The Balaban J connectivity index is 1.51. The zero-order chi connectivity index (χ0) is 21.2. The normalized spacial score (nSPS) is 14.5. The number of ether oxygens (including phenoxy) is 1. The number of anilines is 1. The quantitative estimate of drug-likeness (QED) is 0.348. The van der Waals surface area contributed by atoms with Gasteiger partial charge in [-0.15, -0.1) is 10.2 Å². The molecule has 5 rings (SSSR count). The number of phenols is 1. The van der Waals surface area contributed by atoms with Gasteiger partial charge < -0.3 is 15.2 Å². The summed E-state index contributed by atoms with van der Waals surface area (Å²) < 4.78 is 6.86. The third-order valence-electron chi connectivity index (χ3n) is 4.82. The summed E-state index contributed by atoms with van der Waals surface area (Å²) in [5.41, 5.74) is 4.36. The van der Waals surface area contributed by atoms with E-state index in [0.29, 0.717) is 21.2 Å². The summed E-state index contributed by atoms with van der Waals surface area (Å²) in [6.07, 6.45) is -0.511. The number of fused-ring (bicyclic) bond motifs is 3. The van der Waals surface area contributed by atoms with Crippen LogP contribution in [-0.4, -0.2) is 20.3 Å². The fourth-order valence-corrected chi connectivity index (χ4v) is 4.40. The Labute approximate surface area is 191 Å². The predicted octanol–water partition coefficient (Wildman–Crippen LogP) is 5.80. The lowest BCUT2D eigenvalue weighted by Crippen LogP contribution is -2.17. The van der Waals surface area contributed by atoms with E-state index in [1.807, 2.05) is 54.6 Å². The van der Waals surface area contributed by atoms with Crippen LogP contribution in [0.1, 0.15) is 17.4 Å². The van der Waals surface area contributed by atoms with Gasteiger partial charge >= 0.3 is 0 Å². The van der Waals surface area contributed by atoms with Crippen LogP contribution in [0.4, 0.5) is 5.69 Å². The molecule has 0 radical (unpaired) electrons. The highest BCUT2D eigenvalue weighted by Crippen LogP contribution is 2.40. The number of halogens is 1. The predicted molar refractivity (Wildman–Crippen MR) is 124 cm³/mol. The Morgan fingerprint density at radius 2 is 1.81 bits per heavy atom. The number of benzene rings is 3. The molecule has 0 bridgehead atoms. The number of hydrogen-bond donors (Lipinski definition) is 2. The fourth-order valence-electron chi connectivity index (χ4n) is 3.27. The maximum atomic E-state index is 9.86. The number of nitrogens with one attached hydrogen (secondary N) is 1. The van der Waals surface area contributed by atoms with Crippen LogP contribution >= 0.6 is 27.7 Å². The molecule has 8 heteroatoms. The lowest BCUT2D eigenvalue weighted by atomic mass is 10.1. The first-order valence-corrected chi connectivity index (χ1v) is 11.4. The topological polar surface area (TPSA) is 80.2 Å².